The van der Waals surface area contributed by atoms with Crippen molar-refractivity contribution in [3.8, 4) is 0 Å². The number of sulfonamides is 1. The van der Waals surface area contributed by atoms with Crippen molar-refractivity contribution in [1.82, 2.24) is 9.97 Å². The lowest BCUT2D eigenvalue weighted by molar-refractivity contribution is 0.592. The van der Waals surface area contributed by atoms with Gasteiger partial charge in [0.25, 0.3) is 10.0 Å². The Hall–Kier alpha value is -1.74. The van der Waals surface area contributed by atoms with E-state index in [1.807, 2.05) is 0 Å². The zero-order valence-corrected chi connectivity index (χ0v) is 11.7. The van der Waals surface area contributed by atoms with Gasteiger partial charge in [0.05, 0.1) is 22.6 Å². The Labute approximate surface area is 117 Å². The number of nitrogens with one attached hydrogen (secondary N) is 1. The monoisotopic (exact) mass is 346 g/mol. The third-order valence-electron chi connectivity index (χ3n) is 2.08. The summed E-state index contributed by atoms with van der Waals surface area (Å²) >= 11 is 3.13. The van der Waals surface area contributed by atoms with E-state index in [4.69, 9.17) is 5.73 Å². The third-order valence-corrected chi connectivity index (χ3v) is 3.99. The maximum atomic E-state index is 13.0. The van der Waals surface area contributed by atoms with E-state index in [0.29, 0.717) is 10.2 Å². The van der Waals surface area contributed by atoms with Crippen molar-refractivity contribution >= 4 is 37.5 Å². The molecule has 0 saturated heterocycles. The molecule has 0 aliphatic heterocycles. The second-order valence-corrected chi connectivity index (χ2v) is 6.08. The summed E-state index contributed by atoms with van der Waals surface area (Å²) in [6, 6.07) is 2.36. The molecular weight excluding hydrogens is 339 g/mol. The summed E-state index contributed by atoms with van der Waals surface area (Å²) in [5.41, 5.74) is 5.87. The number of nitrogen functional groups attached to an aromatic ring is 1. The molecule has 0 aliphatic carbocycles. The van der Waals surface area contributed by atoms with E-state index in [9.17, 15) is 12.8 Å². The Morgan fingerprint density at radius 3 is 2.63 bits per heavy atom. The Bertz CT molecular complexity index is 723. The first kappa shape index (κ1) is 13.7. The van der Waals surface area contributed by atoms with Crippen LogP contribution in [0.2, 0.25) is 0 Å². The summed E-state index contributed by atoms with van der Waals surface area (Å²) < 4.78 is 39.5. The predicted molar refractivity (Wildman–Crippen MR) is 71.4 cm³/mol. The molecule has 0 bridgehead atoms. The van der Waals surface area contributed by atoms with Gasteiger partial charge in [-0.25, -0.2) is 17.8 Å². The van der Waals surface area contributed by atoms with Crippen LogP contribution in [0.3, 0.4) is 0 Å². The van der Waals surface area contributed by atoms with Crippen LogP contribution in [0.25, 0.3) is 0 Å². The zero-order chi connectivity index (χ0) is 14.0. The Morgan fingerprint density at radius 2 is 2.00 bits per heavy atom. The minimum Gasteiger partial charge on any atom is -0.397 e. The molecule has 2 heterocycles. The first-order valence-corrected chi connectivity index (χ1v) is 7.20. The molecule has 19 heavy (non-hydrogen) atoms. The molecule has 0 saturated carbocycles. The van der Waals surface area contributed by atoms with Gasteiger partial charge in [-0.2, -0.15) is 0 Å². The molecule has 0 aliphatic rings. The maximum absolute atomic E-state index is 13.0. The van der Waals surface area contributed by atoms with Gasteiger partial charge in [0.1, 0.15) is 10.7 Å². The molecule has 0 amide bonds. The average molecular weight is 347 g/mol. The number of nitrogens with zero attached hydrogens (tertiary/aromatic N) is 2. The standard InChI is InChI=1S/C10H8BrFN4O2S/c11-9-2-7(13)4-15-10(9)16-19(17,18)8-1-6(12)3-14-5-8/h1-5H,13H2,(H,15,16). The van der Waals surface area contributed by atoms with Crippen LogP contribution in [0.4, 0.5) is 15.9 Å². The van der Waals surface area contributed by atoms with Gasteiger partial charge >= 0.3 is 0 Å². The fourth-order valence-electron chi connectivity index (χ4n) is 1.25. The molecule has 0 spiro atoms. The Morgan fingerprint density at radius 1 is 1.26 bits per heavy atom. The fraction of sp³-hybridized carbons (Fsp3) is 0. The normalized spacial score (nSPS) is 11.3. The summed E-state index contributed by atoms with van der Waals surface area (Å²) in [5, 5.41) is 0. The van der Waals surface area contributed by atoms with Gasteiger partial charge in [0, 0.05) is 6.20 Å². The molecule has 2 aromatic rings. The minimum absolute atomic E-state index is 0.0541. The lowest BCUT2D eigenvalue weighted by Gasteiger charge is -2.08. The van der Waals surface area contributed by atoms with E-state index in [2.05, 4.69) is 30.6 Å². The second-order valence-electron chi connectivity index (χ2n) is 3.54. The Balaban J connectivity index is 2.36. The molecule has 6 nitrogen and oxygen atoms in total. The van der Waals surface area contributed by atoms with Gasteiger partial charge in [-0.3, -0.25) is 9.71 Å². The molecule has 0 radical (unpaired) electrons. The molecule has 0 fully saturated rings. The van der Waals surface area contributed by atoms with Crippen molar-refractivity contribution in [2.45, 2.75) is 4.90 Å². The Kier molecular flexibility index (Phi) is 3.67. The van der Waals surface area contributed by atoms with Crippen molar-refractivity contribution in [3.63, 3.8) is 0 Å². The molecule has 3 N–H and O–H groups in total. The van der Waals surface area contributed by atoms with E-state index in [1.165, 1.54) is 12.3 Å². The van der Waals surface area contributed by atoms with E-state index >= 15 is 0 Å². The van der Waals surface area contributed by atoms with E-state index in [-0.39, 0.29) is 10.7 Å². The number of anilines is 2. The third kappa shape index (κ3) is 3.18. The van der Waals surface area contributed by atoms with Gasteiger partial charge in [0.15, 0.2) is 5.82 Å². The number of pyridine rings is 2. The van der Waals surface area contributed by atoms with Crippen LogP contribution in [0.5, 0.6) is 0 Å². The topological polar surface area (TPSA) is 98.0 Å². The summed E-state index contributed by atoms with van der Waals surface area (Å²) in [6.45, 7) is 0. The zero-order valence-electron chi connectivity index (χ0n) is 9.34. The quantitative estimate of drug-likeness (QED) is 0.882. The first-order chi connectivity index (χ1) is 8.88. The lowest BCUT2D eigenvalue weighted by atomic mass is 10.4. The first-order valence-electron chi connectivity index (χ1n) is 4.93. The molecule has 2 aromatic heterocycles. The van der Waals surface area contributed by atoms with Crippen LogP contribution in [0.15, 0.2) is 40.1 Å². The van der Waals surface area contributed by atoms with Crippen LogP contribution in [0.1, 0.15) is 0 Å². The van der Waals surface area contributed by atoms with Gasteiger partial charge in [0.2, 0.25) is 0 Å². The lowest BCUT2D eigenvalue weighted by Crippen LogP contribution is -2.15. The van der Waals surface area contributed by atoms with Gasteiger partial charge in [-0.05, 0) is 28.1 Å². The van der Waals surface area contributed by atoms with Crippen LogP contribution < -0.4 is 10.5 Å². The van der Waals surface area contributed by atoms with Gasteiger partial charge < -0.3 is 5.73 Å². The molecular formula is C10H8BrFN4O2S. The van der Waals surface area contributed by atoms with Crippen molar-refractivity contribution in [2.75, 3.05) is 10.5 Å². The summed E-state index contributed by atoms with van der Waals surface area (Å²) in [4.78, 5) is 7.02. The van der Waals surface area contributed by atoms with E-state index in [1.54, 1.807) is 0 Å². The van der Waals surface area contributed by atoms with Crippen molar-refractivity contribution in [3.05, 3.63) is 41.0 Å². The molecule has 0 atom stereocenters. The smallest absolute Gasteiger partial charge is 0.264 e. The minimum atomic E-state index is -3.96. The number of hydrogen-bond donors (Lipinski definition) is 2. The van der Waals surface area contributed by atoms with Crippen LogP contribution >= 0.6 is 15.9 Å². The highest BCUT2D eigenvalue weighted by Crippen LogP contribution is 2.24. The highest BCUT2D eigenvalue weighted by Gasteiger charge is 2.17. The number of rotatable bonds is 3. The molecule has 0 aromatic carbocycles. The van der Waals surface area contributed by atoms with Crippen molar-refractivity contribution < 1.29 is 12.8 Å². The molecule has 2 rings (SSSR count). The fourth-order valence-corrected chi connectivity index (χ4v) is 2.85. The van der Waals surface area contributed by atoms with Gasteiger partial charge in [-0.1, -0.05) is 0 Å². The number of aromatic nitrogens is 2. The van der Waals surface area contributed by atoms with Gasteiger partial charge in [-0.15, -0.1) is 0 Å². The molecule has 100 valence electrons. The number of halogens is 2. The number of nitrogens with two attached hydrogens (primary N) is 1. The molecule has 0 unspecified atom stereocenters. The van der Waals surface area contributed by atoms with Crippen molar-refractivity contribution in [1.29, 1.82) is 0 Å². The second kappa shape index (κ2) is 5.10. The highest BCUT2D eigenvalue weighted by molar-refractivity contribution is 9.10. The summed E-state index contributed by atoms with van der Waals surface area (Å²) in [7, 11) is -3.96. The number of hydrogen-bond acceptors (Lipinski definition) is 5. The summed E-state index contributed by atoms with van der Waals surface area (Å²) in [5.74, 6) is -0.689. The van der Waals surface area contributed by atoms with Crippen LogP contribution in [-0.4, -0.2) is 18.4 Å². The van der Waals surface area contributed by atoms with Crippen molar-refractivity contribution in [2.24, 2.45) is 0 Å². The van der Waals surface area contributed by atoms with E-state index < -0.39 is 15.8 Å². The predicted octanol–water partition coefficient (Wildman–Crippen LogP) is 1.76. The maximum Gasteiger partial charge on any atom is 0.264 e. The largest absolute Gasteiger partial charge is 0.397 e. The summed E-state index contributed by atoms with van der Waals surface area (Å²) in [6.07, 6.45) is 3.25. The van der Waals surface area contributed by atoms with E-state index in [0.717, 1.165) is 18.5 Å². The van der Waals surface area contributed by atoms with Crippen LogP contribution in [-0.2, 0) is 10.0 Å². The van der Waals surface area contributed by atoms with Crippen LogP contribution in [0, 0.1) is 5.82 Å². The SMILES string of the molecule is Nc1cnc(NS(=O)(=O)c2cncc(F)c2)c(Br)c1. The highest BCUT2D eigenvalue weighted by atomic mass is 79.9. The average Bonchev–Trinajstić information content (AvgIpc) is 2.33. The molecule has 9 heteroatoms.